The van der Waals surface area contributed by atoms with E-state index >= 15 is 0 Å². The lowest BCUT2D eigenvalue weighted by Gasteiger charge is -2.06. The Morgan fingerprint density at radius 2 is 2.17 bits per heavy atom. The Morgan fingerprint density at radius 1 is 1.38 bits per heavy atom. The van der Waals surface area contributed by atoms with Crippen LogP contribution in [0.15, 0.2) is 18.2 Å². The third-order valence-corrected chi connectivity index (χ3v) is 5.14. The Labute approximate surface area is 141 Å². The number of carbonyl (C=O) groups is 1. The molecule has 1 aliphatic carbocycles. The summed E-state index contributed by atoms with van der Waals surface area (Å²) < 4.78 is 13.8. The van der Waals surface area contributed by atoms with Crippen molar-refractivity contribution < 1.29 is 14.1 Å². The van der Waals surface area contributed by atoms with Gasteiger partial charge in [-0.05, 0) is 31.7 Å². The summed E-state index contributed by atoms with van der Waals surface area (Å²) in [7, 11) is 0. The molecule has 1 amide bonds. The number of nitrogens with zero attached hydrogens (tertiary/aromatic N) is 2. The molecule has 1 aromatic heterocycles. The van der Waals surface area contributed by atoms with Crippen molar-refractivity contribution in [2.45, 2.75) is 32.1 Å². The maximum Gasteiger partial charge on any atom is 0.272 e. The number of nitro benzene ring substituents is 1. The largest absolute Gasteiger partial charge is 0.352 e. The molecule has 1 N–H and O–H groups in total. The number of fused-ring (bicyclic) bond motifs is 1. The van der Waals surface area contributed by atoms with Gasteiger partial charge in [0, 0.05) is 23.9 Å². The number of hydrogen-bond donors (Lipinski definition) is 1. The van der Waals surface area contributed by atoms with Gasteiger partial charge in [-0.3, -0.25) is 14.9 Å². The van der Waals surface area contributed by atoms with E-state index < -0.39 is 16.6 Å². The van der Waals surface area contributed by atoms with Crippen LogP contribution in [0.1, 0.15) is 38.8 Å². The quantitative estimate of drug-likeness (QED) is 0.664. The summed E-state index contributed by atoms with van der Waals surface area (Å²) >= 11 is 1.68. The van der Waals surface area contributed by atoms with Crippen LogP contribution < -0.4 is 5.32 Å². The lowest BCUT2D eigenvalue weighted by atomic mass is 10.0. The van der Waals surface area contributed by atoms with Crippen LogP contribution >= 0.6 is 11.3 Å². The highest BCUT2D eigenvalue weighted by Crippen LogP contribution is 2.26. The van der Waals surface area contributed by atoms with E-state index in [9.17, 15) is 19.3 Å². The third-order valence-electron chi connectivity index (χ3n) is 3.92. The van der Waals surface area contributed by atoms with Gasteiger partial charge in [0.15, 0.2) is 0 Å². The number of carbonyl (C=O) groups excluding carboxylic acids is 1. The summed E-state index contributed by atoms with van der Waals surface area (Å²) in [5, 5.41) is 14.2. The fraction of sp³-hybridized carbons (Fsp3) is 0.375. The topological polar surface area (TPSA) is 85.1 Å². The van der Waals surface area contributed by atoms with Crippen LogP contribution in [0, 0.1) is 15.9 Å². The predicted molar refractivity (Wildman–Crippen MR) is 87.8 cm³/mol. The molecule has 1 aliphatic rings. The van der Waals surface area contributed by atoms with Gasteiger partial charge in [0.2, 0.25) is 0 Å². The van der Waals surface area contributed by atoms with Crippen LogP contribution in [-0.4, -0.2) is 22.4 Å². The van der Waals surface area contributed by atoms with E-state index in [0.717, 1.165) is 36.0 Å². The number of non-ortho nitro benzene ring substituents is 1. The number of thiazole rings is 1. The Morgan fingerprint density at radius 3 is 2.88 bits per heavy atom. The molecular weight excluding hydrogens is 333 g/mol. The van der Waals surface area contributed by atoms with Crippen LogP contribution in [0.2, 0.25) is 0 Å². The van der Waals surface area contributed by atoms with Crippen LogP contribution in [0.25, 0.3) is 0 Å². The minimum absolute atomic E-state index is 0.195. The molecule has 0 unspecified atom stereocenters. The fourth-order valence-corrected chi connectivity index (χ4v) is 3.85. The molecule has 0 fully saturated rings. The first-order chi connectivity index (χ1) is 11.5. The van der Waals surface area contributed by atoms with Crippen LogP contribution in [0.5, 0.6) is 0 Å². The predicted octanol–water partition coefficient (Wildman–Crippen LogP) is 3.04. The Bertz CT molecular complexity index is 767. The standard InChI is InChI=1S/C16H16FN3O3S/c17-12-9-10(20(22)23)5-6-11(12)16(21)18-8-7-15-19-13-3-1-2-4-14(13)24-15/h5-6,9H,1-4,7-8H2,(H,18,21). The van der Waals surface area contributed by atoms with Crippen molar-refractivity contribution in [1.29, 1.82) is 0 Å². The van der Waals surface area contributed by atoms with Gasteiger partial charge in [-0.2, -0.15) is 0 Å². The molecule has 2 aromatic rings. The van der Waals surface area contributed by atoms with Gasteiger partial charge < -0.3 is 5.32 Å². The Kier molecular flexibility index (Phi) is 4.84. The number of nitro groups is 1. The first kappa shape index (κ1) is 16.5. The smallest absolute Gasteiger partial charge is 0.272 e. The first-order valence-corrected chi connectivity index (χ1v) is 8.56. The van der Waals surface area contributed by atoms with Crippen molar-refractivity contribution >= 4 is 22.9 Å². The van der Waals surface area contributed by atoms with Gasteiger partial charge in [-0.25, -0.2) is 9.37 Å². The molecule has 0 aliphatic heterocycles. The van der Waals surface area contributed by atoms with Crippen LogP contribution in [0.3, 0.4) is 0 Å². The van der Waals surface area contributed by atoms with E-state index in [1.54, 1.807) is 11.3 Å². The normalized spacial score (nSPS) is 13.4. The van der Waals surface area contributed by atoms with Crippen LogP contribution in [0.4, 0.5) is 10.1 Å². The van der Waals surface area contributed by atoms with Crippen molar-refractivity contribution in [3.05, 3.63) is 55.3 Å². The van der Waals surface area contributed by atoms with Crippen molar-refractivity contribution in [3.63, 3.8) is 0 Å². The molecule has 3 rings (SSSR count). The molecule has 126 valence electrons. The third kappa shape index (κ3) is 3.59. The summed E-state index contributed by atoms with van der Waals surface area (Å²) in [6.07, 6.45) is 5.06. The van der Waals surface area contributed by atoms with Gasteiger partial charge in [-0.15, -0.1) is 11.3 Å². The molecule has 0 radical (unpaired) electrons. The zero-order valence-corrected chi connectivity index (χ0v) is 13.7. The highest BCUT2D eigenvalue weighted by atomic mass is 32.1. The van der Waals surface area contributed by atoms with E-state index in [1.807, 2.05) is 0 Å². The molecule has 24 heavy (non-hydrogen) atoms. The SMILES string of the molecule is O=C(NCCc1nc2c(s1)CCCC2)c1ccc([N+](=O)[O-])cc1F. The summed E-state index contributed by atoms with van der Waals surface area (Å²) in [6, 6.07) is 3.00. The van der Waals surface area contributed by atoms with E-state index in [4.69, 9.17) is 0 Å². The molecule has 6 nitrogen and oxygen atoms in total. The van der Waals surface area contributed by atoms with Gasteiger partial charge in [0.1, 0.15) is 5.82 Å². The number of nitrogens with one attached hydrogen (secondary N) is 1. The van der Waals surface area contributed by atoms with Gasteiger partial charge in [0.05, 0.1) is 27.3 Å². The van der Waals surface area contributed by atoms with E-state index in [-0.39, 0.29) is 11.3 Å². The molecule has 0 atom stereocenters. The maximum atomic E-state index is 13.8. The fourth-order valence-electron chi connectivity index (χ4n) is 2.69. The molecule has 0 saturated carbocycles. The minimum atomic E-state index is -0.897. The number of aryl methyl sites for hydroxylation is 2. The highest BCUT2D eigenvalue weighted by molar-refractivity contribution is 7.11. The molecule has 0 saturated heterocycles. The monoisotopic (exact) mass is 349 g/mol. The molecular formula is C16H16FN3O3S. The lowest BCUT2D eigenvalue weighted by Crippen LogP contribution is -2.26. The Balaban J connectivity index is 1.57. The zero-order valence-electron chi connectivity index (χ0n) is 12.9. The van der Waals surface area contributed by atoms with Gasteiger partial charge in [0.25, 0.3) is 11.6 Å². The average Bonchev–Trinajstić information content (AvgIpc) is 2.97. The second kappa shape index (κ2) is 7.04. The number of rotatable bonds is 5. The number of aromatic nitrogens is 1. The van der Waals surface area contributed by atoms with Crippen molar-refractivity contribution in [2.75, 3.05) is 6.54 Å². The van der Waals surface area contributed by atoms with Crippen LogP contribution in [-0.2, 0) is 19.3 Å². The van der Waals surface area contributed by atoms with E-state index in [0.29, 0.717) is 13.0 Å². The minimum Gasteiger partial charge on any atom is -0.352 e. The number of benzene rings is 1. The lowest BCUT2D eigenvalue weighted by molar-refractivity contribution is -0.385. The number of amides is 1. The number of halogens is 1. The number of hydrogen-bond acceptors (Lipinski definition) is 5. The maximum absolute atomic E-state index is 13.8. The molecule has 1 heterocycles. The Hall–Kier alpha value is -2.35. The first-order valence-electron chi connectivity index (χ1n) is 7.74. The average molecular weight is 349 g/mol. The highest BCUT2D eigenvalue weighted by Gasteiger charge is 2.17. The van der Waals surface area contributed by atoms with Crippen molar-refractivity contribution in [3.8, 4) is 0 Å². The molecule has 0 spiro atoms. The molecule has 0 bridgehead atoms. The van der Waals surface area contributed by atoms with E-state index in [2.05, 4.69) is 10.3 Å². The molecule has 1 aromatic carbocycles. The summed E-state index contributed by atoms with van der Waals surface area (Å²) in [5.41, 5.74) is 0.602. The summed E-state index contributed by atoms with van der Waals surface area (Å²) in [4.78, 5) is 27.8. The summed E-state index contributed by atoms with van der Waals surface area (Å²) in [6.45, 7) is 0.349. The van der Waals surface area contributed by atoms with Crippen molar-refractivity contribution in [2.24, 2.45) is 0 Å². The summed E-state index contributed by atoms with van der Waals surface area (Å²) in [5.74, 6) is -1.48. The second-order valence-corrected chi connectivity index (χ2v) is 6.78. The van der Waals surface area contributed by atoms with Crippen molar-refractivity contribution in [1.82, 2.24) is 10.3 Å². The van der Waals surface area contributed by atoms with Gasteiger partial charge >= 0.3 is 0 Å². The molecule has 8 heteroatoms. The van der Waals surface area contributed by atoms with E-state index in [1.165, 1.54) is 23.4 Å². The second-order valence-electron chi connectivity index (χ2n) is 5.61. The zero-order chi connectivity index (χ0) is 17.1. The van der Waals surface area contributed by atoms with Gasteiger partial charge in [-0.1, -0.05) is 0 Å².